The number of hydrogen-bond donors (Lipinski definition) is 0. The minimum Gasteiger partial charge on any atom is -0.457 e. The summed E-state index contributed by atoms with van der Waals surface area (Å²) in [6.45, 7) is 4.63. The summed E-state index contributed by atoms with van der Waals surface area (Å²) in [4.78, 5) is 5.12. The fourth-order valence-electron chi connectivity index (χ4n) is 8.67. The van der Waals surface area contributed by atoms with Crippen LogP contribution in [0.1, 0.15) is 25.0 Å². The summed E-state index contributed by atoms with van der Waals surface area (Å²) < 4.78 is 15.8. The molecule has 1 aliphatic heterocycles. The smallest absolute Gasteiger partial charge is 0.143 e. The first-order chi connectivity index (χ1) is 26.5. The van der Waals surface area contributed by atoms with Crippen LogP contribution in [-0.4, -0.2) is 9.55 Å². The van der Waals surface area contributed by atoms with Gasteiger partial charge in [0.15, 0.2) is 0 Å². The third-order valence-corrected chi connectivity index (χ3v) is 11.2. The van der Waals surface area contributed by atoms with Crippen molar-refractivity contribution in [1.29, 1.82) is 0 Å². The second-order valence-electron chi connectivity index (χ2n) is 14.7. The molecule has 0 saturated heterocycles. The molecule has 0 aliphatic carbocycles. The van der Waals surface area contributed by atoms with Crippen LogP contribution in [0.25, 0.3) is 83.1 Å². The molecule has 0 radical (unpaired) electrons. The number of ether oxygens (including phenoxy) is 1. The quantitative estimate of drug-likeness (QED) is 0.184. The van der Waals surface area contributed by atoms with E-state index in [0.29, 0.717) is 0 Å². The predicted molar refractivity (Wildman–Crippen MR) is 221 cm³/mol. The van der Waals surface area contributed by atoms with Gasteiger partial charge in [-0.3, -0.25) is 0 Å². The molecule has 0 unspecified atom stereocenters. The van der Waals surface area contributed by atoms with E-state index in [9.17, 15) is 0 Å². The molecule has 3 aromatic heterocycles. The Kier molecular flexibility index (Phi) is 6.56. The Labute approximate surface area is 312 Å². The number of aromatic nitrogens is 2. The Morgan fingerprint density at radius 3 is 1.98 bits per heavy atom. The maximum atomic E-state index is 6.79. The Balaban J connectivity index is 1.14. The summed E-state index contributed by atoms with van der Waals surface area (Å²) in [5.74, 6) is 1.82. The van der Waals surface area contributed by atoms with E-state index < -0.39 is 0 Å². The molecule has 256 valence electrons. The zero-order valence-corrected chi connectivity index (χ0v) is 29.9. The SMILES string of the molecule is CC1(C)c2ccccc2Oc2ccc3c4ccccc4n(-c4ccc5oc6c(-c7cc(-c8ccccc8)nc(-c8ccccc8)c7)cccc6c5c4)c3c21. The van der Waals surface area contributed by atoms with Crippen molar-refractivity contribution < 1.29 is 9.15 Å². The summed E-state index contributed by atoms with van der Waals surface area (Å²) in [6, 6.07) is 59.7. The van der Waals surface area contributed by atoms with E-state index in [-0.39, 0.29) is 5.41 Å². The van der Waals surface area contributed by atoms with Gasteiger partial charge < -0.3 is 13.7 Å². The lowest BCUT2D eigenvalue weighted by Gasteiger charge is -2.35. The van der Waals surface area contributed by atoms with Crippen LogP contribution >= 0.6 is 0 Å². The van der Waals surface area contributed by atoms with Crippen molar-refractivity contribution >= 4 is 43.7 Å². The van der Waals surface area contributed by atoms with Crippen LogP contribution in [0.15, 0.2) is 174 Å². The molecule has 0 atom stereocenters. The van der Waals surface area contributed by atoms with Gasteiger partial charge in [-0.2, -0.15) is 0 Å². The Morgan fingerprint density at radius 2 is 1.20 bits per heavy atom. The molecule has 4 heterocycles. The highest BCUT2D eigenvalue weighted by Gasteiger charge is 2.37. The number of rotatable bonds is 4. The van der Waals surface area contributed by atoms with E-state index in [2.05, 4.69) is 170 Å². The second kappa shape index (κ2) is 11.5. The zero-order chi connectivity index (χ0) is 36.0. The molecular weight excluding hydrogens is 661 g/mol. The molecule has 54 heavy (non-hydrogen) atoms. The fraction of sp³-hybridized carbons (Fsp3) is 0.0600. The van der Waals surface area contributed by atoms with Crippen molar-refractivity contribution in [3.8, 4) is 50.8 Å². The first kappa shape index (κ1) is 30.7. The highest BCUT2D eigenvalue weighted by atomic mass is 16.5. The topological polar surface area (TPSA) is 40.2 Å². The summed E-state index contributed by atoms with van der Waals surface area (Å²) >= 11 is 0. The van der Waals surface area contributed by atoms with Crippen molar-refractivity contribution in [2.24, 2.45) is 0 Å². The van der Waals surface area contributed by atoms with Gasteiger partial charge in [0.05, 0.1) is 22.4 Å². The first-order valence-corrected chi connectivity index (χ1v) is 18.5. The lowest BCUT2D eigenvalue weighted by molar-refractivity contribution is 0.420. The van der Waals surface area contributed by atoms with Crippen LogP contribution in [0, 0.1) is 0 Å². The fourth-order valence-corrected chi connectivity index (χ4v) is 8.67. The summed E-state index contributed by atoms with van der Waals surface area (Å²) in [6.07, 6.45) is 0. The number of pyridine rings is 1. The molecule has 0 bridgehead atoms. The summed E-state index contributed by atoms with van der Waals surface area (Å²) in [5.41, 5.74) is 13.3. The molecular formula is C50H34N2O2. The van der Waals surface area contributed by atoms with Gasteiger partial charge in [0.1, 0.15) is 22.7 Å². The van der Waals surface area contributed by atoms with Crippen LogP contribution < -0.4 is 4.74 Å². The van der Waals surface area contributed by atoms with Gasteiger partial charge in [0.2, 0.25) is 0 Å². The maximum absolute atomic E-state index is 6.79. The minimum atomic E-state index is -0.293. The van der Waals surface area contributed by atoms with Crippen molar-refractivity contribution in [3.63, 3.8) is 0 Å². The van der Waals surface area contributed by atoms with E-state index in [0.717, 1.165) is 78.3 Å². The molecule has 10 aromatic rings. The summed E-state index contributed by atoms with van der Waals surface area (Å²) in [5, 5.41) is 4.57. The number of benzene rings is 7. The minimum absolute atomic E-state index is 0.293. The molecule has 0 fully saturated rings. The normalized spacial score (nSPS) is 13.3. The van der Waals surface area contributed by atoms with Crippen LogP contribution in [0.3, 0.4) is 0 Å². The number of nitrogens with zero attached hydrogens (tertiary/aromatic N) is 2. The van der Waals surface area contributed by atoms with E-state index in [1.807, 2.05) is 18.2 Å². The molecule has 0 amide bonds. The number of furan rings is 1. The average Bonchev–Trinajstić information content (AvgIpc) is 3.76. The molecule has 0 spiro atoms. The second-order valence-corrected chi connectivity index (χ2v) is 14.7. The van der Waals surface area contributed by atoms with Crippen LogP contribution in [0.2, 0.25) is 0 Å². The van der Waals surface area contributed by atoms with Gasteiger partial charge in [-0.1, -0.05) is 129 Å². The van der Waals surface area contributed by atoms with Gasteiger partial charge in [-0.05, 0) is 60.2 Å². The number of para-hydroxylation sites is 3. The van der Waals surface area contributed by atoms with Crippen molar-refractivity contribution in [1.82, 2.24) is 9.55 Å². The lowest BCUT2D eigenvalue weighted by atomic mass is 9.75. The Bertz CT molecular complexity index is 3040. The van der Waals surface area contributed by atoms with Gasteiger partial charge in [0.25, 0.3) is 0 Å². The molecule has 1 aliphatic rings. The maximum Gasteiger partial charge on any atom is 0.143 e. The standard InChI is InChI=1S/C50H34N2O2/c1-50(2)40-21-10-12-23-45(40)53-46-27-25-37-36-18-9-11-22-43(36)52(48(37)47(46)50)34-24-26-44-39(30-34)38-20-13-19-35(49(38)54-44)33-28-41(31-14-5-3-6-15-31)51-42(29-33)32-16-7-4-8-17-32/h3-30H,1-2H3. The molecule has 0 N–H and O–H groups in total. The van der Waals surface area contributed by atoms with E-state index in [1.54, 1.807) is 0 Å². The average molecular weight is 695 g/mol. The number of hydrogen-bond acceptors (Lipinski definition) is 3. The van der Waals surface area contributed by atoms with Crippen LogP contribution in [0.4, 0.5) is 0 Å². The highest BCUT2D eigenvalue weighted by Crippen LogP contribution is 2.52. The van der Waals surface area contributed by atoms with Crippen molar-refractivity contribution in [2.45, 2.75) is 19.3 Å². The van der Waals surface area contributed by atoms with Crippen LogP contribution in [0.5, 0.6) is 11.5 Å². The largest absolute Gasteiger partial charge is 0.457 e. The predicted octanol–water partition coefficient (Wildman–Crippen LogP) is 13.5. The molecule has 4 heteroatoms. The monoisotopic (exact) mass is 694 g/mol. The Hall–Kier alpha value is -6.91. The molecule has 4 nitrogen and oxygen atoms in total. The third-order valence-electron chi connectivity index (χ3n) is 11.2. The van der Waals surface area contributed by atoms with Gasteiger partial charge in [-0.25, -0.2) is 4.98 Å². The number of fused-ring (bicyclic) bond motifs is 9. The Morgan fingerprint density at radius 1 is 0.519 bits per heavy atom. The summed E-state index contributed by atoms with van der Waals surface area (Å²) in [7, 11) is 0. The molecule has 11 rings (SSSR count). The zero-order valence-electron chi connectivity index (χ0n) is 29.9. The van der Waals surface area contributed by atoms with Crippen LogP contribution in [-0.2, 0) is 5.41 Å². The lowest BCUT2D eigenvalue weighted by Crippen LogP contribution is -2.25. The molecule has 0 saturated carbocycles. The third kappa shape index (κ3) is 4.53. The van der Waals surface area contributed by atoms with Gasteiger partial charge >= 0.3 is 0 Å². The molecule has 7 aromatic carbocycles. The van der Waals surface area contributed by atoms with Gasteiger partial charge in [-0.15, -0.1) is 0 Å². The van der Waals surface area contributed by atoms with Gasteiger partial charge in [0, 0.05) is 60.5 Å². The van der Waals surface area contributed by atoms with E-state index in [4.69, 9.17) is 14.1 Å². The van der Waals surface area contributed by atoms with Crippen molar-refractivity contribution in [2.75, 3.05) is 0 Å². The van der Waals surface area contributed by atoms with E-state index in [1.165, 1.54) is 27.4 Å². The highest BCUT2D eigenvalue weighted by molar-refractivity contribution is 6.13. The van der Waals surface area contributed by atoms with Crippen molar-refractivity contribution in [3.05, 3.63) is 181 Å². The first-order valence-electron chi connectivity index (χ1n) is 18.5. The van der Waals surface area contributed by atoms with E-state index >= 15 is 0 Å².